The number of carboxylic acid groups (broad SMARTS) is 1. The average molecular weight is 369 g/mol. The van der Waals surface area contributed by atoms with E-state index in [0.29, 0.717) is 17.9 Å². The van der Waals surface area contributed by atoms with Crippen molar-refractivity contribution < 1.29 is 24.2 Å². The summed E-state index contributed by atoms with van der Waals surface area (Å²) < 4.78 is 11.2. The van der Waals surface area contributed by atoms with Crippen LogP contribution in [-0.2, 0) is 22.4 Å². The van der Waals surface area contributed by atoms with Crippen LogP contribution >= 0.6 is 0 Å². The Labute approximate surface area is 158 Å². The van der Waals surface area contributed by atoms with Crippen molar-refractivity contribution in [3.63, 3.8) is 0 Å². The van der Waals surface area contributed by atoms with Gasteiger partial charge in [0.1, 0.15) is 11.5 Å². The minimum Gasteiger partial charge on any atom is -0.493 e. The van der Waals surface area contributed by atoms with Gasteiger partial charge < -0.3 is 19.9 Å². The van der Waals surface area contributed by atoms with E-state index in [1.165, 1.54) is 0 Å². The number of para-hydroxylation sites is 1. The zero-order chi connectivity index (χ0) is 19.4. The molecule has 142 valence electrons. The van der Waals surface area contributed by atoms with Gasteiger partial charge in [-0.1, -0.05) is 24.3 Å². The molecular formula is C21H23NO5. The molecule has 0 saturated carbocycles. The first kappa shape index (κ1) is 18.8. The minimum absolute atomic E-state index is 0.0189. The standard InChI is InChI=1S/C21H23NO5/c1-13(2)27-18-6-4-3-5-14(18)12-19(23)22-20(21(24)25)16-7-8-17-15(11-16)9-10-26-17/h3-8,11,13,20H,9-10,12H2,1-2H3,(H,22,23)(H,24,25). The summed E-state index contributed by atoms with van der Waals surface area (Å²) in [6.07, 6.45) is 0.763. The summed E-state index contributed by atoms with van der Waals surface area (Å²) in [5.74, 6) is -0.0777. The largest absolute Gasteiger partial charge is 0.493 e. The Hall–Kier alpha value is -3.02. The smallest absolute Gasteiger partial charge is 0.330 e. The monoisotopic (exact) mass is 369 g/mol. The quantitative estimate of drug-likeness (QED) is 0.784. The average Bonchev–Trinajstić information content (AvgIpc) is 3.08. The molecule has 0 aromatic heterocycles. The van der Waals surface area contributed by atoms with E-state index in [-0.39, 0.29) is 18.4 Å². The van der Waals surface area contributed by atoms with Gasteiger partial charge in [-0.3, -0.25) is 4.79 Å². The van der Waals surface area contributed by atoms with Crippen molar-refractivity contribution in [1.82, 2.24) is 5.32 Å². The van der Waals surface area contributed by atoms with E-state index in [4.69, 9.17) is 9.47 Å². The number of rotatable bonds is 7. The third kappa shape index (κ3) is 4.58. The van der Waals surface area contributed by atoms with E-state index in [0.717, 1.165) is 23.3 Å². The highest BCUT2D eigenvalue weighted by molar-refractivity contribution is 5.86. The number of carbonyl (C=O) groups excluding carboxylic acids is 1. The summed E-state index contributed by atoms with van der Waals surface area (Å²) in [6.45, 7) is 4.42. The van der Waals surface area contributed by atoms with Crippen LogP contribution in [0.4, 0.5) is 0 Å². The lowest BCUT2D eigenvalue weighted by molar-refractivity contribution is -0.142. The number of aliphatic carboxylic acids is 1. The molecule has 1 atom stereocenters. The fourth-order valence-corrected chi connectivity index (χ4v) is 3.08. The number of amides is 1. The molecule has 0 fully saturated rings. The van der Waals surface area contributed by atoms with E-state index >= 15 is 0 Å². The summed E-state index contributed by atoms with van der Waals surface area (Å²) in [6, 6.07) is 11.4. The molecule has 6 nitrogen and oxygen atoms in total. The highest BCUT2D eigenvalue weighted by atomic mass is 16.5. The van der Waals surface area contributed by atoms with Crippen LogP contribution < -0.4 is 14.8 Å². The van der Waals surface area contributed by atoms with Gasteiger partial charge in [-0.25, -0.2) is 4.79 Å². The normalized spacial score (nSPS) is 13.6. The van der Waals surface area contributed by atoms with Crippen LogP contribution in [0, 0.1) is 0 Å². The molecule has 0 bridgehead atoms. The maximum absolute atomic E-state index is 12.5. The van der Waals surface area contributed by atoms with Gasteiger partial charge in [-0.2, -0.15) is 0 Å². The molecule has 6 heteroatoms. The van der Waals surface area contributed by atoms with Crippen molar-refractivity contribution in [3.8, 4) is 11.5 Å². The molecule has 2 aromatic carbocycles. The fourth-order valence-electron chi connectivity index (χ4n) is 3.08. The van der Waals surface area contributed by atoms with Crippen LogP contribution in [0.2, 0.25) is 0 Å². The van der Waals surface area contributed by atoms with Gasteiger partial charge in [0.05, 0.1) is 19.1 Å². The Kier molecular flexibility index (Phi) is 5.64. The van der Waals surface area contributed by atoms with E-state index in [2.05, 4.69) is 5.32 Å². The number of hydrogen-bond acceptors (Lipinski definition) is 4. The molecule has 2 aromatic rings. The maximum Gasteiger partial charge on any atom is 0.330 e. The van der Waals surface area contributed by atoms with Gasteiger partial charge in [0.25, 0.3) is 0 Å². The summed E-state index contributed by atoms with van der Waals surface area (Å²) in [7, 11) is 0. The molecule has 1 unspecified atom stereocenters. The summed E-state index contributed by atoms with van der Waals surface area (Å²) in [5, 5.41) is 12.2. The number of carbonyl (C=O) groups is 2. The second-order valence-electron chi connectivity index (χ2n) is 6.76. The third-order valence-electron chi connectivity index (χ3n) is 4.29. The highest BCUT2D eigenvalue weighted by Crippen LogP contribution is 2.28. The van der Waals surface area contributed by atoms with Crippen molar-refractivity contribution in [3.05, 3.63) is 59.2 Å². The summed E-state index contributed by atoms with van der Waals surface area (Å²) in [5.41, 5.74) is 2.21. The molecule has 27 heavy (non-hydrogen) atoms. The van der Waals surface area contributed by atoms with Crippen molar-refractivity contribution >= 4 is 11.9 Å². The molecule has 1 aliphatic rings. The number of ether oxygens (including phenoxy) is 2. The van der Waals surface area contributed by atoms with E-state index in [9.17, 15) is 14.7 Å². The Morgan fingerprint density at radius 3 is 2.74 bits per heavy atom. The first-order valence-electron chi connectivity index (χ1n) is 8.96. The van der Waals surface area contributed by atoms with Gasteiger partial charge in [-0.05, 0) is 43.2 Å². The molecule has 1 amide bonds. The number of nitrogens with one attached hydrogen (secondary N) is 1. The number of fused-ring (bicyclic) bond motifs is 1. The third-order valence-corrected chi connectivity index (χ3v) is 4.29. The lowest BCUT2D eigenvalue weighted by Crippen LogP contribution is -2.34. The summed E-state index contributed by atoms with van der Waals surface area (Å²) in [4.78, 5) is 24.2. The van der Waals surface area contributed by atoms with Crippen LogP contribution in [0.5, 0.6) is 11.5 Å². The van der Waals surface area contributed by atoms with Crippen LogP contribution in [0.25, 0.3) is 0 Å². The first-order chi connectivity index (χ1) is 12.9. The lowest BCUT2D eigenvalue weighted by atomic mass is 10.0. The zero-order valence-electron chi connectivity index (χ0n) is 15.4. The van der Waals surface area contributed by atoms with Gasteiger partial charge >= 0.3 is 5.97 Å². The van der Waals surface area contributed by atoms with E-state index in [1.807, 2.05) is 26.0 Å². The molecule has 0 aliphatic carbocycles. The van der Waals surface area contributed by atoms with Crippen molar-refractivity contribution in [2.45, 2.75) is 38.8 Å². The molecule has 0 spiro atoms. The molecular weight excluding hydrogens is 346 g/mol. The van der Waals surface area contributed by atoms with Gasteiger partial charge in [-0.15, -0.1) is 0 Å². The van der Waals surface area contributed by atoms with Crippen molar-refractivity contribution in [2.75, 3.05) is 6.61 Å². The fraction of sp³-hybridized carbons (Fsp3) is 0.333. The maximum atomic E-state index is 12.5. The zero-order valence-corrected chi connectivity index (χ0v) is 15.4. The second kappa shape index (κ2) is 8.12. The van der Waals surface area contributed by atoms with Crippen molar-refractivity contribution in [1.29, 1.82) is 0 Å². The number of hydrogen-bond donors (Lipinski definition) is 2. The topological polar surface area (TPSA) is 84.9 Å². The molecule has 1 heterocycles. The number of carboxylic acids is 1. The van der Waals surface area contributed by atoms with Gasteiger partial charge in [0, 0.05) is 12.0 Å². The predicted octanol–water partition coefficient (Wildman–Crippen LogP) is 2.89. The lowest BCUT2D eigenvalue weighted by Gasteiger charge is -2.17. The Balaban J connectivity index is 1.74. The minimum atomic E-state index is -1.11. The van der Waals surface area contributed by atoms with E-state index < -0.39 is 12.0 Å². The first-order valence-corrected chi connectivity index (χ1v) is 8.96. The van der Waals surface area contributed by atoms with Crippen LogP contribution in [-0.4, -0.2) is 29.7 Å². The molecule has 1 aliphatic heterocycles. The number of benzene rings is 2. The Morgan fingerprint density at radius 2 is 2.00 bits per heavy atom. The van der Waals surface area contributed by atoms with Gasteiger partial charge in [0.15, 0.2) is 6.04 Å². The van der Waals surface area contributed by atoms with Crippen LogP contribution in [0.3, 0.4) is 0 Å². The second-order valence-corrected chi connectivity index (χ2v) is 6.76. The van der Waals surface area contributed by atoms with Crippen LogP contribution in [0.1, 0.15) is 36.6 Å². The summed E-state index contributed by atoms with van der Waals surface area (Å²) >= 11 is 0. The SMILES string of the molecule is CC(C)Oc1ccccc1CC(=O)NC(C(=O)O)c1ccc2c(c1)CCO2. The van der Waals surface area contributed by atoms with Crippen LogP contribution in [0.15, 0.2) is 42.5 Å². The molecule has 0 saturated heterocycles. The molecule has 0 radical (unpaired) electrons. The van der Waals surface area contributed by atoms with Gasteiger partial charge in [0.2, 0.25) is 5.91 Å². The highest BCUT2D eigenvalue weighted by Gasteiger charge is 2.24. The van der Waals surface area contributed by atoms with E-state index in [1.54, 1.807) is 30.3 Å². The molecule has 3 rings (SSSR count). The Bertz CT molecular complexity index is 846. The predicted molar refractivity (Wildman–Crippen MR) is 100 cm³/mol. The van der Waals surface area contributed by atoms with Crippen molar-refractivity contribution in [2.24, 2.45) is 0 Å². The Morgan fingerprint density at radius 1 is 1.22 bits per heavy atom. The molecule has 2 N–H and O–H groups in total.